The van der Waals surface area contributed by atoms with Gasteiger partial charge >= 0.3 is 6.23 Å². The number of hydrogen-bond acceptors (Lipinski definition) is 6. The van der Waals surface area contributed by atoms with Crippen LogP contribution in [0.3, 0.4) is 0 Å². The number of aliphatic hydroxyl groups excluding tert-OH is 1. The Morgan fingerprint density at radius 1 is 1.55 bits per heavy atom. The highest BCUT2D eigenvalue weighted by atomic mass is 16.7. The number of nitrogens with zero attached hydrogens (tertiary/aromatic N) is 3. The molecule has 1 atom stereocenters. The number of hydrogen-bond donors (Lipinski definition) is 1. The fourth-order valence-corrected chi connectivity index (χ4v) is 1.99. The van der Waals surface area contributed by atoms with Crippen LogP contribution in [0.2, 0.25) is 0 Å². The predicted molar refractivity (Wildman–Crippen MR) is 74.0 cm³/mol. The van der Waals surface area contributed by atoms with Crippen LogP contribution in [0.5, 0.6) is 5.75 Å². The zero-order valence-electron chi connectivity index (χ0n) is 12.1. The molecule has 1 aliphatic rings. The van der Waals surface area contributed by atoms with Crippen molar-refractivity contribution in [2.45, 2.75) is 6.23 Å². The largest absolute Gasteiger partial charge is 0.472 e. The standard InChI is InChI=1S/C13H15N3O6/c1-14(2)12(18)8-3-4-10-9(5-8)13(19)15(7-22-10)6-11(17)16(20)21/h3-5,11,17H,6-7H2,1-2H3. The van der Waals surface area contributed by atoms with Gasteiger partial charge in [0.05, 0.1) is 10.5 Å². The number of fused-ring (bicyclic) bond motifs is 1. The van der Waals surface area contributed by atoms with E-state index < -0.39 is 23.6 Å². The van der Waals surface area contributed by atoms with Gasteiger partial charge in [-0.15, -0.1) is 0 Å². The fourth-order valence-electron chi connectivity index (χ4n) is 1.99. The second-order valence-electron chi connectivity index (χ2n) is 4.98. The highest BCUT2D eigenvalue weighted by molar-refractivity contribution is 6.01. The maximum atomic E-state index is 12.3. The molecule has 0 bridgehead atoms. The third kappa shape index (κ3) is 2.98. The van der Waals surface area contributed by atoms with Crippen molar-refractivity contribution >= 4 is 11.8 Å². The normalized spacial score (nSPS) is 14.9. The zero-order chi connectivity index (χ0) is 16.4. The van der Waals surface area contributed by atoms with Crippen LogP contribution >= 0.6 is 0 Å². The van der Waals surface area contributed by atoms with E-state index in [2.05, 4.69) is 0 Å². The highest BCUT2D eigenvalue weighted by Gasteiger charge is 2.31. The molecule has 9 nitrogen and oxygen atoms in total. The number of carbonyl (C=O) groups excluding carboxylic acids is 2. The van der Waals surface area contributed by atoms with Crippen molar-refractivity contribution < 1.29 is 24.4 Å². The van der Waals surface area contributed by atoms with Crippen molar-refractivity contribution in [3.05, 3.63) is 39.4 Å². The molecule has 9 heteroatoms. The number of ether oxygens (including phenoxy) is 1. The number of rotatable bonds is 4. The molecule has 118 valence electrons. The summed E-state index contributed by atoms with van der Waals surface area (Å²) >= 11 is 0. The van der Waals surface area contributed by atoms with Gasteiger partial charge in [-0.05, 0) is 18.2 Å². The first kappa shape index (κ1) is 15.7. The molecule has 0 saturated carbocycles. The lowest BCUT2D eigenvalue weighted by Crippen LogP contribution is -2.45. The molecular weight excluding hydrogens is 294 g/mol. The predicted octanol–water partition coefficient (Wildman–Crippen LogP) is -0.224. The first-order valence-corrected chi connectivity index (χ1v) is 6.40. The zero-order valence-corrected chi connectivity index (χ0v) is 12.1. The molecule has 0 aliphatic carbocycles. The van der Waals surface area contributed by atoms with Gasteiger partial charge in [-0.3, -0.25) is 24.6 Å². The summed E-state index contributed by atoms with van der Waals surface area (Å²) in [6.45, 7) is -0.686. The van der Waals surface area contributed by atoms with E-state index in [0.29, 0.717) is 11.3 Å². The van der Waals surface area contributed by atoms with E-state index >= 15 is 0 Å². The number of β-amino-alcohol motifs (C(OH)–C–C–N with tert-alkyl or cyclic N) is 1. The van der Waals surface area contributed by atoms with Crippen LogP contribution in [0.1, 0.15) is 20.7 Å². The Morgan fingerprint density at radius 2 is 2.23 bits per heavy atom. The van der Waals surface area contributed by atoms with Crippen LogP contribution in [0, 0.1) is 10.1 Å². The Balaban J connectivity index is 2.26. The van der Waals surface area contributed by atoms with E-state index in [-0.39, 0.29) is 18.2 Å². The number of benzene rings is 1. The summed E-state index contributed by atoms with van der Waals surface area (Å²) in [5.41, 5.74) is 0.437. The van der Waals surface area contributed by atoms with Crippen molar-refractivity contribution in [1.29, 1.82) is 0 Å². The lowest BCUT2D eigenvalue weighted by atomic mass is 10.1. The summed E-state index contributed by atoms with van der Waals surface area (Å²) in [5, 5.41) is 19.7. The van der Waals surface area contributed by atoms with Gasteiger partial charge in [0.2, 0.25) is 0 Å². The van der Waals surface area contributed by atoms with Crippen molar-refractivity contribution in [2.24, 2.45) is 0 Å². The Kier molecular flexibility index (Phi) is 4.27. The van der Waals surface area contributed by atoms with Crippen LogP contribution < -0.4 is 4.74 Å². The summed E-state index contributed by atoms with van der Waals surface area (Å²) in [6, 6.07) is 4.42. The lowest BCUT2D eigenvalue weighted by Gasteiger charge is -2.28. The van der Waals surface area contributed by atoms with Gasteiger partial charge in [-0.1, -0.05) is 0 Å². The summed E-state index contributed by atoms with van der Waals surface area (Å²) < 4.78 is 5.33. The number of aliphatic hydroxyl groups is 1. The van der Waals surface area contributed by atoms with Gasteiger partial charge in [0.15, 0.2) is 6.73 Å². The molecule has 1 heterocycles. The molecule has 2 amide bonds. The van der Waals surface area contributed by atoms with Crippen molar-refractivity contribution in [1.82, 2.24) is 9.80 Å². The monoisotopic (exact) mass is 309 g/mol. The molecule has 1 N–H and O–H groups in total. The van der Waals surface area contributed by atoms with Crippen LogP contribution in [0.15, 0.2) is 18.2 Å². The fraction of sp³-hybridized carbons (Fsp3) is 0.385. The Bertz CT molecular complexity index is 630. The summed E-state index contributed by atoms with van der Waals surface area (Å²) in [4.78, 5) is 36.2. The molecule has 22 heavy (non-hydrogen) atoms. The average molecular weight is 309 g/mol. The Hall–Kier alpha value is -2.68. The molecule has 0 aromatic heterocycles. The van der Waals surface area contributed by atoms with Crippen molar-refractivity contribution in [3.63, 3.8) is 0 Å². The average Bonchev–Trinajstić information content (AvgIpc) is 2.48. The van der Waals surface area contributed by atoms with Crippen LogP contribution in [0.25, 0.3) is 0 Å². The van der Waals surface area contributed by atoms with E-state index in [9.17, 15) is 24.8 Å². The van der Waals surface area contributed by atoms with E-state index in [4.69, 9.17) is 4.74 Å². The molecular formula is C13H15N3O6. The van der Waals surface area contributed by atoms with Crippen LogP contribution in [0.4, 0.5) is 0 Å². The first-order valence-electron chi connectivity index (χ1n) is 6.40. The lowest BCUT2D eigenvalue weighted by molar-refractivity contribution is -0.570. The number of amides is 2. The Morgan fingerprint density at radius 3 is 2.82 bits per heavy atom. The molecule has 1 aromatic carbocycles. The van der Waals surface area contributed by atoms with Crippen LogP contribution in [-0.4, -0.2) is 65.2 Å². The molecule has 0 radical (unpaired) electrons. The molecule has 0 fully saturated rings. The Labute approximate surface area is 125 Å². The molecule has 1 unspecified atom stereocenters. The number of nitro groups is 1. The van der Waals surface area contributed by atoms with E-state index in [1.807, 2.05) is 0 Å². The van der Waals surface area contributed by atoms with E-state index in [1.165, 1.54) is 23.1 Å². The van der Waals surface area contributed by atoms with Gasteiger partial charge in [-0.25, -0.2) is 0 Å². The summed E-state index contributed by atoms with van der Waals surface area (Å²) in [5.74, 6) is -0.513. The van der Waals surface area contributed by atoms with Gasteiger partial charge in [-0.2, -0.15) is 0 Å². The SMILES string of the molecule is CN(C)C(=O)c1ccc2c(c1)C(=O)N(CC(O)[N+](=O)[O-])CO2. The van der Waals surface area contributed by atoms with E-state index in [0.717, 1.165) is 4.90 Å². The highest BCUT2D eigenvalue weighted by Crippen LogP contribution is 2.26. The minimum atomic E-state index is -1.89. The van der Waals surface area contributed by atoms with Gasteiger partial charge in [0.1, 0.15) is 12.3 Å². The van der Waals surface area contributed by atoms with Crippen LogP contribution in [-0.2, 0) is 0 Å². The number of carbonyl (C=O) groups is 2. The van der Waals surface area contributed by atoms with Gasteiger partial charge < -0.3 is 14.7 Å². The van der Waals surface area contributed by atoms with Crippen molar-refractivity contribution in [2.75, 3.05) is 27.4 Å². The minimum absolute atomic E-state index is 0.134. The second kappa shape index (κ2) is 5.98. The topological polar surface area (TPSA) is 113 Å². The summed E-state index contributed by atoms with van der Waals surface area (Å²) in [6.07, 6.45) is -1.89. The maximum absolute atomic E-state index is 12.3. The third-order valence-corrected chi connectivity index (χ3v) is 3.15. The van der Waals surface area contributed by atoms with Gasteiger partial charge in [0, 0.05) is 19.7 Å². The molecule has 0 spiro atoms. The summed E-state index contributed by atoms with van der Waals surface area (Å²) in [7, 11) is 3.17. The molecule has 2 rings (SSSR count). The minimum Gasteiger partial charge on any atom is -0.472 e. The second-order valence-corrected chi connectivity index (χ2v) is 4.98. The van der Waals surface area contributed by atoms with Gasteiger partial charge in [0.25, 0.3) is 11.8 Å². The molecule has 1 aromatic rings. The first-order chi connectivity index (χ1) is 10.3. The third-order valence-electron chi connectivity index (χ3n) is 3.15. The van der Waals surface area contributed by atoms with E-state index in [1.54, 1.807) is 14.1 Å². The quantitative estimate of drug-likeness (QED) is 0.467. The molecule has 0 saturated heterocycles. The smallest absolute Gasteiger partial charge is 0.330 e. The molecule has 1 aliphatic heterocycles. The maximum Gasteiger partial charge on any atom is 0.330 e. The van der Waals surface area contributed by atoms with Crippen molar-refractivity contribution in [3.8, 4) is 5.75 Å².